The van der Waals surface area contributed by atoms with Gasteiger partial charge >= 0.3 is 17.9 Å². The fourth-order valence-electron chi connectivity index (χ4n) is 9.55. The minimum atomic E-state index is -0.790. The maximum Gasteiger partial charge on any atom is 0.306 e. The molecule has 0 aromatic carbocycles. The summed E-state index contributed by atoms with van der Waals surface area (Å²) in [5, 5.41) is 0. The maximum atomic E-state index is 12.9. The molecule has 0 aromatic rings. The van der Waals surface area contributed by atoms with E-state index >= 15 is 0 Å². The fourth-order valence-corrected chi connectivity index (χ4v) is 9.55. The van der Waals surface area contributed by atoms with Gasteiger partial charge in [0.25, 0.3) is 0 Å². The third-order valence-corrected chi connectivity index (χ3v) is 14.7. The Hall–Kier alpha value is -4.19. The Balaban J connectivity index is 4.21. The molecule has 0 aliphatic carbocycles. The Morgan fingerprint density at radius 3 is 0.744 bits per heavy atom. The summed E-state index contributed by atoms with van der Waals surface area (Å²) in [5.74, 6) is -0.908. The van der Waals surface area contributed by atoms with Crippen LogP contribution in [-0.4, -0.2) is 37.2 Å². The highest BCUT2D eigenvalue weighted by atomic mass is 16.6. The van der Waals surface area contributed by atoms with Gasteiger partial charge < -0.3 is 14.2 Å². The molecule has 0 bridgehead atoms. The first-order valence-corrected chi connectivity index (χ1v) is 34.5. The van der Waals surface area contributed by atoms with Crippen LogP contribution in [0.5, 0.6) is 0 Å². The summed E-state index contributed by atoms with van der Waals surface area (Å²) in [6.45, 7) is 6.49. The van der Waals surface area contributed by atoms with Crippen molar-refractivity contribution < 1.29 is 28.6 Å². The van der Waals surface area contributed by atoms with E-state index in [0.717, 1.165) is 128 Å². The quantitative estimate of drug-likeness (QED) is 0.0261. The van der Waals surface area contributed by atoms with Crippen molar-refractivity contribution in [3.63, 3.8) is 0 Å². The molecule has 0 N–H and O–H groups in total. The lowest BCUT2D eigenvalue weighted by molar-refractivity contribution is -0.167. The van der Waals surface area contributed by atoms with Gasteiger partial charge in [0, 0.05) is 19.3 Å². The molecule has 0 saturated heterocycles. The summed E-state index contributed by atoms with van der Waals surface area (Å²) in [6, 6.07) is 0. The fraction of sp³-hybridized carbons (Fsp3) is 0.697. The second-order valence-electron chi connectivity index (χ2n) is 22.7. The SMILES string of the molecule is CC/C=C\C/C=C\C/C=C\C/C=C\C/C=C\C/C=C\C/C=C\C/C=C\CCCCCCC(=O)OCC(COC(=O)CCCCCCCCCC)OC(=O)CCCCCCCCCCCCCCCCC/C=C\C/C=C\CCCCCCC. The lowest BCUT2D eigenvalue weighted by Crippen LogP contribution is -2.30. The predicted molar refractivity (Wildman–Crippen MR) is 357 cm³/mol. The van der Waals surface area contributed by atoms with Gasteiger partial charge in [-0.1, -0.05) is 309 Å². The van der Waals surface area contributed by atoms with E-state index in [1.807, 2.05) is 0 Å². The van der Waals surface area contributed by atoms with E-state index in [-0.39, 0.29) is 31.1 Å². The number of unbranched alkanes of at least 4 members (excludes halogenated alkanes) is 31. The summed E-state index contributed by atoms with van der Waals surface area (Å²) in [6.07, 6.45) is 96.7. The van der Waals surface area contributed by atoms with Gasteiger partial charge in [-0.05, 0) is 116 Å². The first-order valence-electron chi connectivity index (χ1n) is 34.5. The van der Waals surface area contributed by atoms with Gasteiger partial charge in [-0.25, -0.2) is 0 Å². The number of esters is 3. The molecular formula is C76H128O6. The van der Waals surface area contributed by atoms with E-state index in [9.17, 15) is 14.4 Å². The van der Waals surface area contributed by atoms with E-state index in [2.05, 4.69) is 142 Å². The molecule has 82 heavy (non-hydrogen) atoms. The number of hydrogen-bond donors (Lipinski definition) is 0. The van der Waals surface area contributed by atoms with E-state index in [1.54, 1.807) is 0 Å². The van der Waals surface area contributed by atoms with Crippen LogP contribution in [0.3, 0.4) is 0 Å². The molecule has 1 atom stereocenters. The van der Waals surface area contributed by atoms with E-state index in [4.69, 9.17) is 14.2 Å². The monoisotopic (exact) mass is 1140 g/mol. The van der Waals surface area contributed by atoms with Crippen LogP contribution in [0.2, 0.25) is 0 Å². The number of ether oxygens (including phenoxy) is 3. The molecule has 6 nitrogen and oxygen atoms in total. The number of carbonyl (C=O) groups excluding carboxylic acids is 3. The minimum Gasteiger partial charge on any atom is -0.462 e. The van der Waals surface area contributed by atoms with Crippen molar-refractivity contribution in [3.8, 4) is 0 Å². The van der Waals surface area contributed by atoms with Crippen molar-refractivity contribution >= 4 is 17.9 Å². The Bertz CT molecular complexity index is 1690. The van der Waals surface area contributed by atoms with E-state index in [1.165, 1.54) is 154 Å². The topological polar surface area (TPSA) is 78.9 Å². The molecule has 0 fully saturated rings. The number of allylic oxidation sites excluding steroid dienone is 20. The second kappa shape index (κ2) is 69.3. The molecule has 0 aliphatic heterocycles. The van der Waals surface area contributed by atoms with Crippen LogP contribution in [0.1, 0.15) is 323 Å². The smallest absolute Gasteiger partial charge is 0.306 e. The van der Waals surface area contributed by atoms with Gasteiger partial charge in [0.05, 0.1) is 0 Å². The largest absolute Gasteiger partial charge is 0.462 e. The Labute approximate surface area is 507 Å². The average molecular weight is 1140 g/mol. The maximum absolute atomic E-state index is 12.9. The van der Waals surface area contributed by atoms with Crippen molar-refractivity contribution in [3.05, 3.63) is 122 Å². The highest BCUT2D eigenvalue weighted by molar-refractivity contribution is 5.71. The van der Waals surface area contributed by atoms with Gasteiger partial charge in [-0.15, -0.1) is 0 Å². The van der Waals surface area contributed by atoms with E-state index in [0.29, 0.717) is 19.3 Å². The van der Waals surface area contributed by atoms with Gasteiger partial charge in [0.15, 0.2) is 6.10 Å². The molecule has 6 heteroatoms. The highest BCUT2D eigenvalue weighted by Crippen LogP contribution is 2.16. The molecule has 0 aromatic heterocycles. The van der Waals surface area contributed by atoms with Crippen molar-refractivity contribution in [2.75, 3.05) is 13.2 Å². The molecule has 1 unspecified atom stereocenters. The number of carbonyl (C=O) groups is 3. The molecule has 0 amide bonds. The number of hydrogen-bond acceptors (Lipinski definition) is 6. The van der Waals surface area contributed by atoms with Crippen molar-refractivity contribution in [2.24, 2.45) is 0 Å². The van der Waals surface area contributed by atoms with Gasteiger partial charge in [-0.2, -0.15) is 0 Å². The highest BCUT2D eigenvalue weighted by Gasteiger charge is 2.19. The zero-order valence-corrected chi connectivity index (χ0v) is 53.7. The molecule has 0 rings (SSSR count). The zero-order chi connectivity index (χ0) is 59.2. The average Bonchev–Trinajstić information content (AvgIpc) is 3.47. The lowest BCUT2D eigenvalue weighted by atomic mass is 10.0. The van der Waals surface area contributed by atoms with Crippen molar-refractivity contribution in [1.82, 2.24) is 0 Å². The Morgan fingerprint density at radius 2 is 0.476 bits per heavy atom. The normalized spacial score (nSPS) is 12.9. The van der Waals surface area contributed by atoms with E-state index < -0.39 is 6.10 Å². The van der Waals surface area contributed by atoms with Crippen LogP contribution in [0, 0.1) is 0 Å². The summed E-state index contributed by atoms with van der Waals surface area (Å²) in [5.41, 5.74) is 0. The first-order chi connectivity index (χ1) is 40.5. The predicted octanol–water partition coefficient (Wildman–Crippen LogP) is 23.9. The molecular weight excluding hydrogens is 1010 g/mol. The van der Waals surface area contributed by atoms with Crippen molar-refractivity contribution in [1.29, 1.82) is 0 Å². The summed E-state index contributed by atoms with van der Waals surface area (Å²) in [4.78, 5) is 38.2. The van der Waals surface area contributed by atoms with Crippen LogP contribution >= 0.6 is 0 Å². The lowest BCUT2D eigenvalue weighted by Gasteiger charge is -2.18. The summed E-state index contributed by atoms with van der Waals surface area (Å²) < 4.78 is 16.9. The van der Waals surface area contributed by atoms with Crippen LogP contribution < -0.4 is 0 Å². The van der Waals surface area contributed by atoms with Crippen molar-refractivity contribution in [2.45, 2.75) is 329 Å². The van der Waals surface area contributed by atoms with Crippen LogP contribution in [0.15, 0.2) is 122 Å². The Kier molecular flexibility index (Phi) is 65.8. The summed E-state index contributed by atoms with van der Waals surface area (Å²) >= 11 is 0. The first kappa shape index (κ1) is 77.8. The Morgan fingerprint density at radius 1 is 0.256 bits per heavy atom. The molecule has 0 radical (unpaired) electrons. The van der Waals surface area contributed by atoms with Gasteiger partial charge in [-0.3, -0.25) is 14.4 Å². The van der Waals surface area contributed by atoms with Crippen LogP contribution in [-0.2, 0) is 28.6 Å². The van der Waals surface area contributed by atoms with Crippen LogP contribution in [0.4, 0.5) is 0 Å². The molecule has 0 saturated carbocycles. The minimum absolute atomic E-state index is 0.0857. The molecule has 0 aliphatic rings. The van der Waals surface area contributed by atoms with Gasteiger partial charge in [0.2, 0.25) is 0 Å². The summed E-state index contributed by atoms with van der Waals surface area (Å²) in [7, 11) is 0. The zero-order valence-electron chi connectivity index (χ0n) is 53.7. The third-order valence-electron chi connectivity index (χ3n) is 14.7. The third kappa shape index (κ3) is 66.6. The molecule has 0 spiro atoms. The van der Waals surface area contributed by atoms with Gasteiger partial charge in [0.1, 0.15) is 13.2 Å². The second-order valence-corrected chi connectivity index (χ2v) is 22.7. The standard InChI is InChI=1S/C76H128O6/c1-4-7-10-13-16-19-21-23-25-27-29-31-33-35-37-38-40-41-43-45-47-49-51-53-55-57-60-63-66-69-75(78)81-72-73(71-80-74(77)68-65-62-59-18-15-12-9-6-3)82-76(79)70-67-64-61-58-56-54-52-50-48-46-44-42-39-36-34-32-30-28-26-24-22-20-17-14-11-8-5-2/h7,10,16,19,22-25,28-31,35,37,40-41,45,47,51,53,73H,4-6,8-9,11-15,17-18,20-21,26-27,32-34,36,38-39,42-44,46,48-50,52,54-72H2,1-3H3/b10-7-,19-16-,24-22-,25-23-,30-28-,31-29-,37-35-,41-40-,47-45-,53-51-. The van der Waals surface area contributed by atoms with Crippen LogP contribution in [0.25, 0.3) is 0 Å². The molecule has 468 valence electrons. The molecule has 0 heterocycles. The number of rotatable bonds is 62.